The van der Waals surface area contributed by atoms with Gasteiger partial charge in [0.25, 0.3) is 0 Å². The molecule has 5 heteroatoms. The summed E-state index contributed by atoms with van der Waals surface area (Å²) in [5.41, 5.74) is 7.92. The van der Waals surface area contributed by atoms with Gasteiger partial charge in [-0.1, -0.05) is 23.8 Å². The molecule has 0 aliphatic rings. The molecule has 102 valence electrons. The number of anilines is 1. The maximum Gasteiger partial charge on any atom is 0.162 e. The number of ether oxygens (including phenoxy) is 1. The molecule has 2 N–H and O–H groups in total. The fraction of sp³-hybridized carbons (Fsp3) is 0.200. The van der Waals surface area contributed by atoms with Crippen LogP contribution in [0.5, 0.6) is 5.75 Å². The Morgan fingerprint density at radius 1 is 1.10 bits per heavy atom. The molecule has 0 amide bonds. The molecule has 0 aliphatic heterocycles. The van der Waals surface area contributed by atoms with Gasteiger partial charge in [-0.15, -0.1) is 10.2 Å². The van der Waals surface area contributed by atoms with Crippen LogP contribution in [0.1, 0.15) is 11.4 Å². The number of rotatable bonds is 4. The number of nitrogen functional groups attached to an aromatic ring is 1. The SMILES string of the molecule is Cc1ccc(OCCc2nnc3cccc(N)n23)cc1. The highest BCUT2D eigenvalue weighted by atomic mass is 16.5. The van der Waals surface area contributed by atoms with Crippen LogP contribution in [0, 0.1) is 6.92 Å². The maximum atomic E-state index is 5.94. The summed E-state index contributed by atoms with van der Waals surface area (Å²) < 4.78 is 7.55. The van der Waals surface area contributed by atoms with E-state index < -0.39 is 0 Å². The Balaban J connectivity index is 1.70. The van der Waals surface area contributed by atoms with Gasteiger partial charge in [-0.3, -0.25) is 4.40 Å². The fourth-order valence-electron chi connectivity index (χ4n) is 2.08. The van der Waals surface area contributed by atoms with Gasteiger partial charge in [0, 0.05) is 6.42 Å². The first-order valence-electron chi connectivity index (χ1n) is 6.52. The highest BCUT2D eigenvalue weighted by Crippen LogP contribution is 2.13. The largest absolute Gasteiger partial charge is 0.493 e. The molecule has 0 atom stereocenters. The third-order valence-corrected chi connectivity index (χ3v) is 3.14. The van der Waals surface area contributed by atoms with Gasteiger partial charge in [0.1, 0.15) is 17.4 Å². The first-order chi connectivity index (χ1) is 9.74. The number of nitrogens with zero attached hydrogens (tertiary/aromatic N) is 3. The van der Waals surface area contributed by atoms with E-state index in [0.717, 1.165) is 17.2 Å². The number of hydrogen-bond acceptors (Lipinski definition) is 4. The summed E-state index contributed by atoms with van der Waals surface area (Å²) in [7, 11) is 0. The average molecular weight is 268 g/mol. The van der Waals surface area contributed by atoms with Crippen molar-refractivity contribution in [2.45, 2.75) is 13.3 Å². The van der Waals surface area contributed by atoms with Crippen LogP contribution in [0.15, 0.2) is 42.5 Å². The second-order valence-corrected chi connectivity index (χ2v) is 4.67. The van der Waals surface area contributed by atoms with Crippen molar-refractivity contribution < 1.29 is 4.74 Å². The first-order valence-corrected chi connectivity index (χ1v) is 6.52. The van der Waals surface area contributed by atoms with E-state index in [-0.39, 0.29) is 0 Å². The number of aryl methyl sites for hydroxylation is 1. The molecule has 20 heavy (non-hydrogen) atoms. The molecule has 2 heterocycles. The molecule has 3 aromatic rings. The van der Waals surface area contributed by atoms with Crippen molar-refractivity contribution in [1.82, 2.24) is 14.6 Å². The van der Waals surface area contributed by atoms with E-state index in [1.807, 2.05) is 46.9 Å². The second kappa shape index (κ2) is 5.21. The van der Waals surface area contributed by atoms with E-state index in [1.165, 1.54) is 5.56 Å². The number of aromatic nitrogens is 3. The van der Waals surface area contributed by atoms with Crippen LogP contribution in [0.2, 0.25) is 0 Å². The summed E-state index contributed by atoms with van der Waals surface area (Å²) >= 11 is 0. The number of benzene rings is 1. The minimum atomic E-state index is 0.540. The summed E-state index contributed by atoms with van der Waals surface area (Å²) in [5.74, 6) is 2.31. The number of nitrogens with two attached hydrogens (primary N) is 1. The van der Waals surface area contributed by atoms with Gasteiger partial charge in [0.05, 0.1) is 6.61 Å². The molecule has 3 rings (SSSR count). The lowest BCUT2D eigenvalue weighted by atomic mass is 10.2. The average Bonchev–Trinajstić information content (AvgIpc) is 2.86. The van der Waals surface area contributed by atoms with Crippen molar-refractivity contribution in [3.05, 3.63) is 53.9 Å². The van der Waals surface area contributed by atoms with Crippen molar-refractivity contribution >= 4 is 11.5 Å². The van der Waals surface area contributed by atoms with Crippen LogP contribution in [0.4, 0.5) is 5.82 Å². The van der Waals surface area contributed by atoms with Crippen molar-refractivity contribution in [2.75, 3.05) is 12.3 Å². The Morgan fingerprint density at radius 2 is 1.90 bits per heavy atom. The lowest BCUT2D eigenvalue weighted by Gasteiger charge is -2.06. The molecule has 0 spiro atoms. The smallest absolute Gasteiger partial charge is 0.162 e. The topological polar surface area (TPSA) is 65.4 Å². The van der Waals surface area contributed by atoms with Crippen LogP contribution in [-0.4, -0.2) is 21.2 Å². The molecule has 5 nitrogen and oxygen atoms in total. The third kappa shape index (κ3) is 2.42. The van der Waals surface area contributed by atoms with Gasteiger partial charge in [-0.25, -0.2) is 0 Å². The minimum Gasteiger partial charge on any atom is -0.493 e. The zero-order chi connectivity index (χ0) is 13.9. The van der Waals surface area contributed by atoms with Crippen LogP contribution >= 0.6 is 0 Å². The number of hydrogen-bond donors (Lipinski definition) is 1. The summed E-state index contributed by atoms with van der Waals surface area (Å²) in [6, 6.07) is 13.6. The Kier molecular flexibility index (Phi) is 3.25. The summed E-state index contributed by atoms with van der Waals surface area (Å²) in [5, 5.41) is 8.25. The summed E-state index contributed by atoms with van der Waals surface area (Å²) in [6.45, 7) is 2.59. The van der Waals surface area contributed by atoms with Crippen molar-refractivity contribution in [3.63, 3.8) is 0 Å². The molecule has 0 fully saturated rings. The normalized spacial score (nSPS) is 10.8. The lowest BCUT2D eigenvalue weighted by Crippen LogP contribution is -2.07. The van der Waals surface area contributed by atoms with Gasteiger partial charge in [-0.2, -0.15) is 0 Å². The van der Waals surface area contributed by atoms with Gasteiger partial charge in [0.2, 0.25) is 0 Å². The zero-order valence-corrected chi connectivity index (χ0v) is 11.3. The number of fused-ring (bicyclic) bond motifs is 1. The van der Waals surface area contributed by atoms with Crippen molar-refractivity contribution in [3.8, 4) is 5.75 Å². The Morgan fingerprint density at radius 3 is 2.70 bits per heavy atom. The van der Waals surface area contributed by atoms with Crippen LogP contribution < -0.4 is 10.5 Å². The summed E-state index contributed by atoms with van der Waals surface area (Å²) in [6.07, 6.45) is 0.656. The predicted octanol–water partition coefficient (Wildman–Crippen LogP) is 2.24. The van der Waals surface area contributed by atoms with Crippen LogP contribution in [0.25, 0.3) is 5.65 Å². The zero-order valence-electron chi connectivity index (χ0n) is 11.3. The van der Waals surface area contributed by atoms with E-state index in [2.05, 4.69) is 17.1 Å². The highest BCUT2D eigenvalue weighted by Gasteiger charge is 2.07. The van der Waals surface area contributed by atoms with Crippen LogP contribution in [-0.2, 0) is 6.42 Å². The van der Waals surface area contributed by atoms with Crippen molar-refractivity contribution in [1.29, 1.82) is 0 Å². The van der Waals surface area contributed by atoms with Crippen molar-refractivity contribution in [2.24, 2.45) is 0 Å². The molecule has 0 saturated heterocycles. The highest BCUT2D eigenvalue weighted by molar-refractivity contribution is 5.47. The monoisotopic (exact) mass is 268 g/mol. The van der Waals surface area contributed by atoms with Gasteiger partial charge >= 0.3 is 0 Å². The molecule has 0 radical (unpaired) electrons. The first kappa shape index (κ1) is 12.5. The van der Waals surface area contributed by atoms with Gasteiger partial charge in [-0.05, 0) is 31.2 Å². The standard InChI is InChI=1S/C15H16N4O/c1-11-5-7-12(8-6-11)20-10-9-15-18-17-14-4-2-3-13(16)19(14)15/h2-8H,9-10,16H2,1H3. The summed E-state index contributed by atoms with van der Waals surface area (Å²) in [4.78, 5) is 0. The second-order valence-electron chi connectivity index (χ2n) is 4.67. The van der Waals surface area contributed by atoms with E-state index in [1.54, 1.807) is 0 Å². The molecular weight excluding hydrogens is 252 g/mol. The molecule has 0 aliphatic carbocycles. The molecule has 0 saturated carbocycles. The third-order valence-electron chi connectivity index (χ3n) is 3.14. The maximum absolute atomic E-state index is 5.94. The molecular formula is C15H16N4O. The van der Waals surface area contributed by atoms with Crippen LogP contribution in [0.3, 0.4) is 0 Å². The number of pyridine rings is 1. The van der Waals surface area contributed by atoms with E-state index in [9.17, 15) is 0 Å². The fourth-order valence-corrected chi connectivity index (χ4v) is 2.08. The van der Waals surface area contributed by atoms with Gasteiger partial charge < -0.3 is 10.5 Å². The Labute approximate surface area is 117 Å². The molecule has 0 unspecified atom stereocenters. The molecule has 0 bridgehead atoms. The Bertz CT molecular complexity index is 718. The minimum absolute atomic E-state index is 0.540. The van der Waals surface area contributed by atoms with Gasteiger partial charge in [0.15, 0.2) is 5.65 Å². The molecule has 1 aromatic carbocycles. The van der Waals surface area contributed by atoms with E-state index in [0.29, 0.717) is 18.8 Å². The van der Waals surface area contributed by atoms with E-state index in [4.69, 9.17) is 10.5 Å². The molecule has 2 aromatic heterocycles. The quantitative estimate of drug-likeness (QED) is 0.788. The predicted molar refractivity (Wildman–Crippen MR) is 77.8 cm³/mol. The Hall–Kier alpha value is -2.56. The van der Waals surface area contributed by atoms with E-state index >= 15 is 0 Å². The lowest BCUT2D eigenvalue weighted by molar-refractivity contribution is 0.318.